The molecule has 1 aliphatic heterocycles. The lowest BCUT2D eigenvalue weighted by molar-refractivity contribution is -0.134. The molecule has 22 heavy (non-hydrogen) atoms. The molecule has 1 heterocycles. The number of hydrogen-bond donors (Lipinski definition) is 1. The average Bonchev–Trinajstić information content (AvgIpc) is 2.93. The Labute approximate surface area is 138 Å². The van der Waals surface area contributed by atoms with Gasteiger partial charge in [-0.25, -0.2) is 0 Å². The normalized spacial score (nSPS) is 18.0. The van der Waals surface area contributed by atoms with Crippen molar-refractivity contribution in [3.63, 3.8) is 0 Å². The Kier molecular flexibility index (Phi) is 14.9. The monoisotopic (exact) mass is 313 g/mol. The van der Waals surface area contributed by atoms with Gasteiger partial charge in [0.15, 0.2) is 0 Å². The molecule has 0 amide bonds. The minimum Gasteiger partial charge on any atom is -0.481 e. The molecule has 1 N–H and O–H groups in total. The van der Waals surface area contributed by atoms with Crippen LogP contribution in [0.4, 0.5) is 0 Å². The molecular formula is C19H39NO2. The molecule has 1 aliphatic rings. The zero-order chi connectivity index (χ0) is 16.6. The average molecular weight is 314 g/mol. The highest BCUT2D eigenvalue weighted by molar-refractivity contribution is 5.62. The van der Waals surface area contributed by atoms with E-state index in [1.807, 2.05) is 0 Å². The van der Waals surface area contributed by atoms with Crippen LogP contribution in [0.2, 0.25) is 0 Å². The van der Waals surface area contributed by atoms with Crippen molar-refractivity contribution in [3.05, 3.63) is 0 Å². The number of aliphatic carboxylic acids is 1. The molecule has 1 saturated heterocycles. The first-order valence-corrected chi connectivity index (χ1v) is 9.52. The van der Waals surface area contributed by atoms with E-state index in [4.69, 9.17) is 9.90 Å². The lowest BCUT2D eigenvalue weighted by atomic mass is 10.1. The Bertz CT molecular complexity index is 252. The minimum atomic E-state index is -0.833. The summed E-state index contributed by atoms with van der Waals surface area (Å²) in [4.78, 5) is 11.7. The second-order valence-corrected chi connectivity index (χ2v) is 6.71. The van der Waals surface area contributed by atoms with Gasteiger partial charge in [-0.15, -0.1) is 0 Å². The van der Waals surface area contributed by atoms with E-state index in [-0.39, 0.29) is 0 Å². The number of likely N-dealkylation sites (tertiary alicyclic amines) is 1. The van der Waals surface area contributed by atoms with Crippen molar-refractivity contribution >= 4 is 5.97 Å². The van der Waals surface area contributed by atoms with Crippen molar-refractivity contribution in [2.24, 2.45) is 5.92 Å². The van der Waals surface area contributed by atoms with Crippen molar-refractivity contribution in [3.8, 4) is 0 Å². The Balaban J connectivity index is 0.000000980. The summed E-state index contributed by atoms with van der Waals surface area (Å²) in [6.45, 7) is 9.84. The molecule has 1 unspecified atom stereocenters. The summed E-state index contributed by atoms with van der Waals surface area (Å²) in [5.74, 6) is 0.170. The van der Waals surface area contributed by atoms with Gasteiger partial charge in [0, 0.05) is 13.5 Å². The lowest BCUT2D eigenvalue weighted by Crippen LogP contribution is -2.21. The van der Waals surface area contributed by atoms with Gasteiger partial charge in [0.05, 0.1) is 0 Å². The maximum Gasteiger partial charge on any atom is 0.300 e. The van der Waals surface area contributed by atoms with E-state index in [1.165, 1.54) is 90.3 Å². The molecule has 0 aromatic heterocycles. The number of carbonyl (C=O) groups is 1. The van der Waals surface area contributed by atoms with E-state index in [2.05, 4.69) is 18.7 Å². The standard InChI is InChI=1S/C17H35N.C2H4O2/c1-3-5-6-7-8-9-10-11-12-14-18-15-13-17(4-2)16-18;1-2(3)4/h17H,3-16H2,1-2H3;1H3,(H,3,4). The zero-order valence-corrected chi connectivity index (χ0v) is 15.3. The zero-order valence-electron chi connectivity index (χ0n) is 15.3. The predicted molar refractivity (Wildman–Crippen MR) is 95.4 cm³/mol. The summed E-state index contributed by atoms with van der Waals surface area (Å²) in [7, 11) is 0. The van der Waals surface area contributed by atoms with E-state index >= 15 is 0 Å². The first-order chi connectivity index (χ1) is 10.6. The van der Waals surface area contributed by atoms with Gasteiger partial charge in [0.25, 0.3) is 5.97 Å². The van der Waals surface area contributed by atoms with Crippen LogP contribution < -0.4 is 0 Å². The molecule has 0 bridgehead atoms. The molecular weight excluding hydrogens is 274 g/mol. The van der Waals surface area contributed by atoms with Gasteiger partial charge in [-0.1, -0.05) is 71.6 Å². The molecule has 0 aromatic carbocycles. The Morgan fingerprint density at radius 3 is 1.95 bits per heavy atom. The first-order valence-electron chi connectivity index (χ1n) is 9.52. The number of nitrogens with zero attached hydrogens (tertiary/aromatic N) is 1. The molecule has 0 aliphatic carbocycles. The van der Waals surface area contributed by atoms with Gasteiger partial charge in [-0.2, -0.15) is 0 Å². The van der Waals surface area contributed by atoms with Crippen LogP contribution in [0.3, 0.4) is 0 Å². The van der Waals surface area contributed by atoms with Crippen LogP contribution in [0.15, 0.2) is 0 Å². The molecule has 3 nitrogen and oxygen atoms in total. The summed E-state index contributed by atoms with van der Waals surface area (Å²) in [5.41, 5.74) is 0. The Hall–Kier alpha value is -0.570. The SMILES string of the molecule is CC(=O)O.CCCCCCCCCCCN1CCC(CC)C1. The van der Waals surface area contributed by atoms with Gasteiger partial charge in [-0.05, 0) is 31.8 Å². The largest absolute Gasteiger partial charge is 0.481 e. The molecule has 0 spiro atoms. The summed E-state index contributed by atoms with van der Waals surface area (Å²) in [5, 5.41) is 7.42. The van der Waals surface area contributed by atoms with E-state index in [1.54, 1.807) is 0 Å². The molecule has 3 heteroatoms. The van der Waals surface area contributed by atoms with Crippen molar-refractivity contribution in [1.29, 1.82) is 0 Å². The van der Waals surface area contributed by atoms with Crippen LogP contribution in [0.1, 0.15) is 91.4 Å². The number of rotatable bonds is 11. The predicted octanol–water partition coefficient (Wildman–Crippen LogP) is 5.34. The molecule has 0 aromatic rings. The molecule has 1 atom stereocenters. The summed E-state index contributed by atoms with van der Waals surface area (Å²) in [6.07, 6.45) is 15.9. The Morgan fingerprint density at radius 1 is 1.00 bits per heavy atom. The van der Waals surface area contributed by atoms with E-state index in [0.717, 1.165) is 12.8 Å². The van der Waals surface area contributed by atoms with Gasteiger partial charge in [-0.3, -0.25) is 4.79 Å². The number of hydrogen-bond acceptors (Lipinski definition) is 2. The fraction of sp³-hybridized carbons (Fsp3) is 0.947. The molecule has 1 fully saturated rings. The van der Waals surface area contributed by atoms with Crippen LogP contribution in [0, 0.1) is 5.92 Å². The first kappa shape index (κ1) is 21.4. The second-order valence-electron chi connectivity index (χ2n) is 6.71. The summed E-state index contributed by atoms with van der Waals surface area (Å²) < 4.78 is 0. The van der Waals surface area contributed by atoms with E-state index in [9.17, 15) is 0 Å². The fourth-order valence-corrected chi connectivity index (χ4v) is 3.10. The third kappa shape index (κ3) is 14.4. The van der Waals surface area contributed by atoms with E-state index in [0.29, 0.717) is 0 Å². The molecule has 0 radical (unpaired) electrons. The van der Waals surface area contributed by atoms with Crippen molar-refractivity contribution in [2.45, 2.75) is 91.4 Å². The van der Waals surface area contributed by atoms with Crippen LogP contribution in [-0.2, 0) is 4.79 Å². The Morgan fingerprint density at radius 2 is 1.50 bits per heavy atom. The highest BCUT2D eigenvalue weighted by Crippen LogP contribution is 2.19. The van der Waals surface area contributed by atoms with Crippen molar-refractivity contribution in [2.75, 3.05) is 19.6 Å². The van der Waals surface area contributed by atoms with Gasteiger partial charge in [0.2, 0.25) is 0 Å². The van der Waals surface area contributed by atoms with Gasteiger partial charge >= 0.3 is 0 Å². The highest BCUT2D eigenvalue weighted by Gasteiger charge is 2.19. The maximum atomic E-state index is 9.00. The lowest BCUT2D eigenvalue weighted by Gasteiger charge is -2.15. The maximum absolute atomic E-state index is 9.00. The van der Waals surface area contributed by atoms with Crippen LogP contribution in [-0.4, -0.2) is 35.6 Å². The number of carboxylic acids is 1. The van der Waals surface area contributed by atoms with Crippen LogP contribution >= 0.6 is 0 Å². The third-order valence-corrected chi connectivity index (χ3v) is 4.53. The molecule has 132 valence electrons. The quantitative estimate of drug-likeness (QED) is 0.523. The van der Waals surface area contributed by atoms with Crippen LogP contribution in [0.5, 0.6) is 0 Å². The van der Waals surface area contributed by atoms with Crippen molar-refractivity contribution < 1.29 is 9.90 Å². The highest BCUT2D eigenvalue weighted by atomic mass is 16.4. The molecule has 1 rings (SSSR count). The van der Waals surface area contributed by atoms with E-state index < -0.39 is 5.97 Å². The second kappa shape index (κ2) is 15.3. The van der Waals surface area contributed by atoms with Gasteiger partial charge < -0.3 is 10.0 Å². The summed E-state index contributed by atoms with van der Waals surface area (Å²) >= 11 is 0. The summed E-state index contributed by atoms with van der Waals surface area (Å²) in [6, 6.07) is 0. The third-order valence-electron chi connectivity index (χ3n) is 4.53. The van der Waals surface area contributed by atoms with Crippen molar-refractivity contribution in [1.82, 2.24) is 4.90 Å². The topological polar surface area (TPSA) is 40.5 Å². The smallest absolute Gasteiger partial charge is 0.300 e. The van der Waals surface area contributed by atoms with Crippen LogP contribution in [0.25, 0.3) is 0 Å². The fourth-order valence-electron chi connectivity index (χ4n) is 3.10. The molecule has 0 saturated carbocycles. The number of unbranched alkanes of at least 4 members (excludes halogenated alkanes) is 8. The number of carboxylic acid groups (broad SMARTS) is 1. The minimum absolute atomic E-state index is 0.833. The van der Waals surface area contributed by atoms with Gasteiger partial charge in [0.1, 0.15) is 0 Å².